The fraction of sp³-hybridized carbons (Fsp3) is 0.136. The van der Waals surface area contributed by atoms with Crippen molar-refractivity contribution >= 4 is 22.4 Å². The van der Waals surface area contributed by atoms with Crippen LogP contribution in [-0.4, -0.2) is 38.3 Å². The number of pyridine rings is 1. The Kier molecular flexibility index (Phi) is 4.53. The lowest BCUT2D eigenvalue weighted by Crippen LogP contribution is -2.13. The minimum Gasteiger partial charge on any atom is -0.480 e. The second kappa shape index (κ2) is 7.49. The van der Waals surface area contributed by atoms with Crippen LogP contribution < -0.4 is 10.1 Å². The first-order valence-corrected chi connectivity index (χ1v) is 9.47. The summed E-state index contributed by atoms with van der Waals surface area (Å²) in [4.78, 5) is 8.62. The Morgan fingerprint density at radius 3 is 2.83 bits per heavy atom. The third-order valence-corrected chi connectivity index (χ3v) is 4.88. The SMILES string of the molecule is COc1nccc2oc(-c3cnc4ccc(NC[C@H](O)c5ccccc5)nn34)cc12. The Labute approximate surface area is 171 Å². The van der Waals surface area contributed by atoms with Gasteiger partial charge in [0.1, 0.15) is 17.1 Å². The third-order valence-electron chi connectivity index (χ3n) is 4.88. The van der Waals surface area contributed by atoms with Crippen molar-refractivity contribution in [2.45, 2.75) is 6.10 Å². The van der Waals surface area contributed by atoms with Crippen LogP contribution in [0.1, 0.15) is 11.7 Å². The van der Waals surface area contributed by atoms with Crippen molar-refractivity contribution in [3.8, 4) is 17.3 Å². The zero-order valence-corrected chi connectivity index (χ0v) is 16.2. The second-order valence-corrected chi connectivity index (χ2v) is 6.78. The highest BCUT2D eigenvalue weighted by atomic mass is 16.5. The van der Waals surface area contributed by atoms with E-state index >= 15 is 0 Å². The number of nitrogens with zero attached hydrogens (tertiary/aromatic N) is 4. The molecule has 0 aliphatic heterocycles. The van der Waals surface area contributed by atoms with E-state index in [1.165, 1.54) is 0 Å². The molecule has 5 aromatic rings. The first-order valence-electron chi connectivity index (χ1n) is 9.47. The lowest BCUT2D eigenvalue weighted by Gasteiger charge is -2.12. The summed E-state index contributed by atoms with van der Waals surface area (Å²) in [6.07, 6.45) is 2.71. The number of aliphatic hydroxyl groups is 1. The van der Waals surface area contributed by atoms with Crippen LogP contribution in [0.3, 0.4) is 0 Å². The van der Waals surface area contributed by atoms with E-state index in [1.54, 1.807) is 30.1 Å². The van der Waals surface area contributed by atoms with Gasteiger partial charge in [-0.15, -0.1) is 5.10 Å². The number of hydrogen-bond donors (Lipinski definition) is 2. The normalized spacial score (nSPS) is 12.3. The highest BCUT2D eigenvalue weighted by molar-refractivity contribution is 5.86. The minimum atomic E-state index is -0.638. The molecule has 0 saturated heterocycles. The Morgan fingerprint density at radius 2 is 2.00 bits per heavy atom. The van der Waals surface area contributed by atoms with E-state index in [-0.39, 0.29) is 0 Å². The van der Waals surface area contributed by atoms with Gasteiger partial charge in [0.2, 0.25) is 5.88 Å². The number of nitrogens with one attached hydrogen (secondary N) is 1. The van der Waals surface area contributed by atoms with Gasteiger partial charge in [-0.1, -0.05) is 30.3 Å². The Morgan fingerprint density at radius 1 is 1.13 bits per heavy atom. The highest BCUT2D eigenvalue weighted by Crippen LogP contribution is 2.32. The molecular weight excluding hydrogens is 382 g/mol. The molecule has 0 bridgehead atoms. The largest absolute Gasteiger partial charge is 0.480 e. The predicted molar refractivity (Wildman–Crippen MR) is 112 cm³/mol. The van der Waals surface area contributed by atoms with Crippen LogP contribution in [0.15, 0.2) is 71.4 Å². The molecule has 5 rings (SSSR count). The second-order valence-electron chi connectivity index (χ2n) is 6.78. The number of aromatic nitrogens is 4. The Hall–Kier alpha value is -3.91. The van der Waals surface area contributed by atoms with Gasteiger partial charge >= 0.3 is 0 Å². The Bertz CT molecular complexity index is 1310. The maximum atomic E-state index is 10.4. The molecule has 150 valence electrons. The number of furan rings is 1. The van der Waals surface area contributed by atoms with Gasteiger partial charge in [0, 0.05) is 18.8 Å². The molecule has 1 aromatic carbocycles. The molecule has 0 unspecified atom stereocenters. The summed E-state index contributed by atoms with van der Waals surface area (Å²) in [7, 11) is 1.58. The number of benzene rings is 1. The molecule has 8 nitrogen and oxygen atoms in total. The van der Waals surface area contributed by atoms with Gasteiger partial charge < -0.3 is 19.6 Å². The van der Waals surface area contributed by atoms with Crippen molar-refractivity contribution in [1.29, 1.82) is 0 Å². The number of fused-ring (bicyclic) bond motifs is 2. The summed E-state index contributed by atoms with van der Waals surface area (Å²) in [6, 6.07) is 16.8. The maximum absolute atomic E-state index is 10.4. The molecule has 0 saturated carbocycles. The van der Waals surface area contributed by atoms with E-state index in [0.29, 0.717) is 40.9 Å². The maximum Gasteiger partial charge on any atom is 0.224 e. The van der Waals surface area contributed by atoms with Gasteiger partial charge in [-0.2, -0.15) is 0 Å². The zero-order valence-electron chi connectivity index (χ0n) is 16.2. The quantitative estimate of drug-likeness (QED) is 0.448. The molecule has 0 fully saturated rings. The number of rotatable bonds is 6. The van der Waals surface area contributed by atoms with Gasteiger partial charge in [-0.25, -0.2) is 14.5 Å². The van der Waals surface area contributed by atoms with Crippen molar-refractivity contribution in [1.82, 2.24) is 19.6 Å². The van der Waals surface area contributed by atoms with E-state index in [2.05, 4.69) is 20.4 Å². The van der Waals surface area contributed by atoms with Gasteiger partial charge in [-0.3, -0.25) is 0 Å². The number of imidazole rings is 1. The molecule has 8 heteroatoms. The summed E-state index contributed by atoms with van der Waals surface area (Å²) in [5.74, 6) is 1.73. The average molecular weight is 401 g/mol. The molecule has 0 aliphatic carbocycles. The Balaban J connectivity index is 1.45. The van der Waals surface area contributed by atoms with Gasteiger partial charge in [0.25, 0.3) is 0 Å². The summed E-state index contributed by atoms with van der Waals surface area (Å²) in [5, 5.41) is 19.0. The predicted octanol–water partition coefficient (Wildman–Crippen LogP) is 3.69. The standard InChI is InChI=1S/C22H19N5O3/c1-29-22-15-11-19(30-18(15)9-10-23-22)16-12-25-21-8-7-20(26-27(16)21)24-13-17(28)14-5-3-2-4-6-14/h2-12,17,28H,13H2,1H3,(H,24,26)/t17-/m0/s1. The monoisotopic (exact) mass is 401 g/mol. The molecule has 30 heavy (non-hydrogen) atoms. The number of ether oxygens (including phenoxy) is 1. The molecule has 0 amide bonds. The first-order chi connectivity index (χ1) is 14.7. The minimum absolute atomic E-state index is 0.333. The summed E-state index contributed by atoms with van der Waals surface area (Å²) >= 11 is 0. The first kappa shape index (κ1) is 18.1. The van der Waals surface area contributed by atoms with Gasteiger partial charge in [0.15, 0.2) is 11.4 Å². The number of hydrogen-bond acceptors (Lipinski definition) is 7. The van der Waals surface area contributed by atoms with Crippen molar-refractivity contribution < 1.29 is 14.3 Å². The van der Waals surface area contributed by atoms with Crippen LogP contribution in [0, 0.1) is 0 Å². The molecule has 4 aromatic heterocycles. The summed E-state index contributed by atoms with van der Waals surface area (Å²) < 4.78 is 13.0. The van der Waals surface area contributed by atoms with Crippen LogP contribution in [0.2, 0.25) is 0 Å². The molecule has 4 heterocycles. The molecule has 2 N–H and O–H groups in total. The summed E-state index contributed by atoms with van der Waals surface area (Å²) in [5.41, 5.74) is 2.91. The smallest absolute Gasteiger partial charge is 0.224 e. The van der Waals surface area contributed by atoms with E-state index in [1.807, 2.05) is 48.5 Å². The molecule has 0 spiro atoms. The van der Waals surface area contributed by atoms with Crippen LogP contribution in [0.4, 0.5) is 5.82 Å². The number of methoxy groups -OCH3 is 1. The zero-order chi connectivity index (χ0) is 20.5. The van der Waals surface area contributed by atoms with E-state index in [4.69, 9.17) is 9.15 Å². The van der Waals surface area contributed by atoms with Gasteiger partial charge in [-0.05, 0) is 23.8 Å². The van der Waals surface area contributed by atoms with E-state index in [9.17, 15) is 5.11 Å². The van der Waals surface area contributed by atoms with Crippen molar-refractivity contribution in [3.63, 3.8) is 0 Å². The molecule has 0 radical (unpaired) electrons. The lowest BCUT2D eigenvalue weighted by molar-refractivity contribution is 0.191. The highest BCUT2D eigenvalue weighted by Gasteiger charge is 2.16. The molecule has 0 aliphatic rings. The molecule has 1 atom stereocenters. The topological polar surface area (TPSA) is 97.7 Å². The van der Waals surface area contributed by atoms with Crippen molar-refractivity contribution in [2.75, 3.05) is 19.0 Å². The van der Waals surface area contributed by atoms with Crippen LogP contribution in [-0.2, 0) is 0 Å². The lowest BCUT2D eigenvalue weighted by atomic mass is 10.1. The molecular formula is C22H19N5O3. The van der Waals surface area contributed by atoms with Crippen molar-refractivity contribution in [3.05, 3.63) is 72.6 Å². The summed E-state index contributed by atoms with van der Waals surface area (Å²) in [6.45, 7) is 0.333. The van der Waals surface area contributed by atoms with Crippen LogP contribution in [0.25, 0.3) is 28.1 Å². The number of aliphatic hydroxyl groups excluding tert-OH is 1. The van der Waals surface area contributed by atoms with Crippen molar-refractivity contribution in [2.24, 2.45) is 0 Å². The van der Waals surface area contributed by atoms with Crippen LogP contribution in [0.5, 0.6) is 5.88 Å². The van der Waals surface area contributed by atoms with E-state index < -0.39 is 6.10 Å². The average Bonchev–Trinajstić information content (AvgIpc) is 3.41. The number of anilines is 1. The van der Waals surface area contributed by atoms with Gasteiger partial charge in [0.05, 0.1) is 24.8 Å². The van der Waals surface area contributed by atoms with Crippen LogP contribution >= 0.6 is 0 Å². The fourth-order valence-electron chi connectivity index (χ4n) is 3.36. The van der Waals surface area contributed by atoms with E-state index in [0.717, 1.165) is 10.9 Å². The fourth-order valence-corrected chi connectivity index (χ4v) is 3.36. The third kappa shape index (κ3) is 3.23.